The van der Waals surface area contributed by atoms with Gasteiger partial charge in [-0.3, -0.25) is 19.0 Å². The summed E-state index contributed by atoms with van der Waals surface area (Å²) in [5, 5.41) is 15.9. The van der Waals surface area contributed by atoms with Gasteiger partial charge in [0.1, 0.15) is 17.7 Å². The molecule has 4 amide bonds. The van der Waals surface area contributed by atoms with Crippen LogP contribution in [0.1, 0.15) is 130 Å². The van der Waals surface area contributed by atoms with Crippen molar-refractivity contribution >= 4 is 59.1 Å². The second-order valence-corrected chi connectivity index (χ2v) is 20.5. The average Bonchev–Trinajstić information content (AvgIpc) is 3.30. The van der Waals surface area contributed by atoms with E-state index in [1.54, 1.807) is 136 Å². The molecule has 1 aromatic heterocycles. The Hall–Kier alpha value is -8.30. The lowest BCUT2D eigenvalue weighted by Gasteiger charge is -2.28. The zero-order valence-electron chi connectivity index (χ0n) is 45.3. The number of nitrogens with one attached hydrogen (secondary N) is 3. The molecule has 4 rings (SSSR count). The number of hydrogen-bond donors (Lipinski definition) is 6. The standard InChI is InChI=1S/C31H40N8O5.C22H33N3O6/c1-17(2)31(43)44-38-27(33)21-9-7-20(8-10-21)14-34-26(40)16-39-25(15-35-28(30(39)42)36-18(3)4)22-11-23(13-24(32)12-22)29(41)37-19(5)6;1-14(2)18(26)31-24-17(23)16-11-9-15(10-12-16)13-25(19(27)29-21(3,4)5)20(28)30-22(6,7)8/h7-13,15,17-19H,14,16,32H2,1-6H3,(H2,33,38)(H,34,40)(H,35,36)(H,37,41);9-12,14H,13H2,1-8H3,(H2,23,24). The van der Waals surface area contributed by atoms with Crippen LogP contribution in [0.15, 0.2) is 88.0 Å². The van der Waals surface area contributed by atoms with Gasteiger partial charge >= 0.3 is 24.1 Å². The first-order valence-electron chi connectivity index (χ1n) is 24.2. The van der Waals surface area contributed by atoms with E-state index in [2.05, 4.69) is 31.2 Å². The monoisotopic (exact) mass is 1040 g/mol. The van der Waals surface area contributed by atoms with E-state index in [0.717, 1.165) is 10.5 Å². The van der Waals surface area contributed by atoms with Gasteiger partial charge in [-0.05, 0) is 98.6 Å². The fourth-order valence-corrected chi connectivity index (χ4v) is 6.02. The van der Waals surface area contributed by atoms with Crippen LogP contribution in [-0.4, -0.2) is 85.3 Å². The largest absolute Gasteiger partial charge is 0.443 e. The smallest absolute Gasteiger partial charge is 0.420 e. The molecule has 9 N–H and O–H groups in total. The van der Waals surface area contributed by atoms with Crippen LogP contribution < -0.4 is 38.7 Å². The number of carbonyl (C=O) groups is 6. The van der Waals surface area contributed by atoms with Gasteiger partial charge in [0.25, 0.3) is 11.5 Å². The van der Waals surface area contributed by atoms with E-state index in [4.69, 9.17) is 36.3 Å². The summed E-state index contributed by atoms with van der Waals surface area (Å²) in [5.74, 6) is -2.25. The molecule has 0 spiro atoms. The number of ether oxygens (including phenoxy) is 2. The maximum atomic E-state index is 13.5. The normalized spacial score (nSPS) is 11.9. The fraction of sp³-hybridized carbons (Fsp3) is 0.434. The lowest BCUT2D eigenvalue weighted by molar-refractivity contribution is -0.148. The molecule has 1 heterocycles. The number of amidine groups is 2. The Morgan fingerprint density at radius 2 is 1.16 bits per heavy atom. The third kappa shape index (κ3) is 20.6. The highest BCUT2D eigenvalue weighted by Crippen LogP contribution is 2.24. The van der Waals surface area contributed by atoms with Crippen LogP contribution in [0, 0.1) is 11.8 Å². The molecule has 4 aromatic rings. The summed E-state index contributed by atoms with van der Waals surface area (Å²) in [6.07, 6.45) is -0.151. The quantitative estimate of drug-likeness (QED) is 0.0209. The Morgan fingerprint density at radius 1 is 0.680 bits per heavy atom. The first-order valence-corrected chi connectivity index (χ1v) is 24.2. The van der Waals surface area contributed by atoms with Gasteiger partial charge < -0.3 is 52.3 Å². The Kier molecular flexibility index (Phi) is 22.1. The molecule has 0 fully saturated rings. The van der Waals surface area contributed by atoms with Crippen LogP contribution in [0.5, 0.6) is 0 Å². The number of aromatic nitrogens is 2. The Labute approximate surface area is 437 Å². The maximum Gasteiger partial charge on any atom is 0.420 e. The topological polar surface area (TPSA) is 316 Å². The van der Waals surface area contributed by atoms with Gasteiger partial charge in [-0.2, -0.15) is 0 Å². The van der Waals surface area contributed by atoms with Crippen molar-refractivity contribution < 1.29 is 47.9 Å². The van der Waals surface area contributed by atoms with Crippen LogP contribution in [-0.2, 0) is 53.2 Å². The van der Waals surface area contributed by atoms with Crippen molar-refractivity contribution in [3.05, 3.63) is 111 Å². The molecule has 0 radical (unpaired) electrons. The minimum Gasteiger partial charge on any atom is -0.443 e. The molecule has 0 saturated carbocycles. The number of benzene rings is 3. The lowest BCUT2D eigenvalue weighted by atomic mass is 10.1. The van der Waals surface area contributed by atoms with E-state index in [0.29, 0.717) is 39.2 Å². The molecular formula is C53H73N11O11. The average molecular weight is 1040 g/mol. The number of rotatable bonds is 17. The van der Waals surface area contributed by atoms with E-state index >= 15 is 0 Å². The number of oxime groups is 2. The number of amides is 4. The number of anilines is 2. The highest BCUT2D eigenvalue weighted by atomic mass is 16.7. The zero-order chi connectivity index (χ0) is 56.5. The van der Waals surface area contributed by atoms with Crippen LogP contribution in [0.4, 0.5) is 21.1 Å². The van der Waals surface area contributed by atoms with E-state index in [1.165, 1.54) is 10.8 Å². The molecule has 0 aliphatic rings. The van der Waals surface area contributed by atoms with E-state index in [1.807, 2.05) is 27.7 Å². The first kappa shape index (κ1) is 61.0. The number of imide groups is 1. The maximum absolute atomic E-state index is 13.5. The van der Waals surface area contributed by atoms with Crippen molar-refractivity contribution in [2.75, 3.05) is 11.1 Å². The molecule has 0 saturated heterocycles. The Morgan fingerprint density at radius 3 is 1.60 bits per heavy atom. The van der Waals surface area contributed by atoms with Crippen molar-refractivity contribution in [2.45, 2.75) is 140 Å². The van der Waals surface area contributed by atoms with Gasteiger partial charge in [-0.25, -0.2) is 29.1 Å². The van der Waals surface area contributed by atoms with Crippen LogP contribution in [0.2, 0.25) is 0 Å². The SMILES string of the molecule is CC(C)C(=O)O/N=C(\N)c1ccc(CN(C(=O)OC(C)(C)C)C(=O)OC(C)(C)C)cc1.CC(C)NC(=O)c1cc(N)cc(-c2cnc(NC(C)C)c(=O)n2CC(=O)NCc2ccc(/C(N)=N/OC(=O)C(C)C)cc2)c1. The fourth-order valence-electron chi connectivity index (χ4n) is 6.02. The van der Waals surface area contributed by atoms with Gasteiger partial charge in [0.2, 0.25) is 5.91 Å². The molecule has 3 aromatic carbocycles. The van der Waals surface area contributed by atoms with Gasteiger partial charge in [0.05, 0.1) is 30.3 Å². The molecular weight excluding hydrogens is 967 g/mol. The minimum absolute atomic E-state index is 0.0247. The summed E-state index contributed by atoms with van der Waals surface area (Å²) >= 11 is 0. The van der Waals surface area contributed by atoms with Gasteiger partial charge in [-0.15, -0.1) is 0 Å². The number of carbonyl (C=O) groups excluding carboxylic acids is 6. The Balaban J connectivity index is 0.000000421. The van der Waals surface area contributed by atoms with Crippen LogP contribution >= 0.6 is 0 Å². The highest BCUT2D eigenvalue weighted by molar-refractivity contribution is 5.98. The van der Waals surface area contributed by atoms with Gasteiger partial charge in [-0.1, -0.05) is 86.5 Å². The summed E-state index contributed by atoms with van der Waals surface area (Å²) in [4.78, 5) is 102. The summed E-state index contributed by atoms with van der Waals surface area (Å²) in [5.41, 5.74) is 19.7. The van der Waals surface area contributed by atoms with Crippen LogP contribution in [0.25, 0.3) is 11.3 Å². The number of hydrogen-bond acceptors (Lipinski definition) is 16. The number of nitrogens with zero attached hydrogens (tertiary/aromatic N) is 5. The molecule has 0 bridgehead atoms. The zero-order valence-corrected chi connectivity index (χ0v) is 45.3. The number of nitrogen functional groups attached to an aromatic ring is 1. The van der Waals surface area contributed by atoms with E-state index in [9.17, 15) is 33.6 Å². The van der Waals surface area contributed by atoms with Crippen molar-refractivity contribution in [3.8, 4) is 11.3 Å². The Bertz CT molecular complexity index is 2740. The second-order valence-electron chi connectivity index (χ2n) is 20.5. The summed E-state index contributed by atoms with van der Waals surface area (Å²) in [7, 11) is 0. The molecule has 22 nitrogen and oxygen atoms in total. The third-order valence-corrected chi connectivity index (χ3v) is 9.68. The second kappa shape index (κ2) is 27.1. The van der Waals surface area contributed by atoms with Gasteiger partial charge in [0.15, 0.2) is 17.5 Å². The van der Waals surface area contributed by atoms with Gasteiger partial charge in [0, 0.05) is 46.6 Å². The molecule has 406 valence electrons. The van der Waals surface area contributed by atoms with E-state index < -0.39 is 46.8 Å². The predicted molar refractivity (Wildman–Crippen MR) is 286 cm³/mol. The summed E-state index contributed by atoms with van der Waals surface area (Å²) in [6, 6.07) is 18.1. The molecule has 0 aliphatic carbocycles. The predicted octanol–water partition coefficient (Wildman–Crippen LogP) is 6.77. The van der Waals surface area contributed by atoms with Crippen molar-refractivity contribution in [2.24, 2.45) is 33.6 Å². The first-order chi connectivity index (χ1) is 34.8. The van der Waals surface area contributed by atoms with E-state index in [-0.39, 0.29) is 67.0 Å². The molecule has 22 heteroatoms. The van der Waals surface area contributed by atoms with Crippen LogP contribution in [0.3, 0.4) is 0 Å². The summed E-state index contributed by atoms with van der Waals surface area (Å²) < 4.78 is 12.0. The highest BCUT2D eigenvalue weighted by Gasteiger charge is 2.31. The summed E-state index contributed by atoms with van der Waals surface area (Å²) in [6.45, 7) is 24.2. The lowest BCUT2D eigenvalue weighted by Crippen LogP contribution is -2.43. The number of nitrogens with two attached hydrogens (primary N) is 3. The molecule has 0 atom stereocenters. The van der Waals surface area contributed by atoms with Crippen molar-refractivity contribution in [1.29, 1.82) is 0 Å². The van der Waals surface area contributed by atoms with Crippen molar-refractivity contribution in [3.63, 3.8) is 0 Å². The molecule has 75 heavy (non-hydrogen) atoms. The molecule has 0 aliphatic heterocycles. The van der Waals surface area contributed by atoms with Crippen molar-refractivity contribution in [1.82, 2.24) is 25.1 Å². The minimum atomic E-state index is -0.812. The molecule has 0 unspecified atom stereocenters. The third-order valence-electron chi connectivity index (χ3n) is 9.68.